The minimum Gasteiger partial charge on any atom is -0.322 e. The zero-order chi connectivity index (χ0) is 19.7. The van der Waals surface area contributed by atoms with Crippen LogP contribution in [0.15, 0.2) is 60.8 Å². The molecular formula is C22H18ClN3O2. The van der Waals surface area contributed by atoms with E-state index < -0.39 is 0 Å². The predicted molar refractivity (Wildman–Crippen MR) is 110 cm³/mol. The highest BCUT2D eigenvalue weighted by molar-refractivity contribution is 6.30. The molecule has 5 nitrogen and oxygen atoms in total. The fourth-order valence-electron chi connectivity index (χ4n) is 3.34. The lowest BCUT2D eigenvalue weighted by molar-refractivity contribution is 0.0984. The van der Waals surface area contributed by atoms with E-state index in [2.05, 4.69) is 10.3 Å². The molecule has 1 aliphatic heterocycles. The first-order valence-corrected chi connectivity index (χ1v) is 9.34. The van der Waals surface area contributed by atoms with Crippen LogP contribution in [-0.2, 0) is 6.42 Å². The molecule has 4 rings (SSSR count). The highest BCUT2D eigenvalue weighted by Gasteiger charge is 2.26. The van der Waals surface area contributed by atoms with Gasteiger partial charge in [0.25, 0.3) is 11.8 Å². The van der Waals surface area contributed by atoms with E-state index in [9.17, 15) is 9.59 Å². The number of hydrogen-bond acceptors (Lipinski definition) is 3. The molecule has 0 aliphatic carbocycles. The third kappa shape index (κ3) is 3.49. The molecule has 0 saturated heterocycles. The average molecular weight is 392 g/mol. The Balaban J connectivity index is 1.56. The van der Waals surface area contributed by atoms with Crippen LogP contribution in [0.3, 0.4) is 0 Å². The van der Waals surface area contributed by atoms with Gasteiger partial charge in [0.2, 0.25) is 0 Å². The van der Waals surface area contributed by atoms with Gasteiger partial charge in [-0.25, -0.2) is 0 Å². The molecule has 2 heterocycles. The Morgan fingerprint density at radius 2 is 1.93 bits per heavy atom. The largest absolute Gasteiger partial charge is 0.322 e. The third-order valence-electron chi connectivity index (χ3n) is 4.81. The van der Waals surface area contributed by atoms with Gasteiger partial charge in [-0.15, -0.1) is 0 Å². The van der Waals surface area contributed by atoms with Crippen LogP contribution in [0.1, 0.15) is 32.0 Å². The molecule has 0 fully saturated rings. The van der Waals surface area contributed by atoms with Gasteiger partial charge in [0.15, 0.2) is 0 Å². The van der Waals surface area contributed by atoms with Crippen molar-refractivity contribution in [3.05, 3.63) is 88.2 Å². The molecule has 140 valence electrons. The fourth-order valence-corrected chi connectivity index (χ4v) is 3.56. The summed E-state index contributed by atoms with van der Waals surface area (Å²) in [6, 6.07) is 16.2. The first-order chi connectivity index (χ1) is 13.5. The van der Waals surface area contributed by atoms with Gasteiger partial charge in [0.05, 0.1) is 0 Å². The molecule has 1 aromatic heterocycles. The molecule has 28 heavy (non-hydrogen) atoms. The van der Waals surface area contributed by atoms with Crippen molar-refractivity contribution in [2.75, 3.05) is 16.8 Å². The number of anilines is 2. The van der Waals surface area contributed by atoms with Crippen molar-refractivity contribution in [1.29, 1.82) is 0 Å². The SMILES string of the molecule is Cc1cc(Cl)ccc1NC(=O)c1ccnc(C(=O)N2CCc3ccccc32)c1. The first-order valence-electron chi connectivity index (χ1n) is 8.96. The van der Waals surface area contributed by atoms with E-state index >= 15 is 0 Å². The maximum absolute atomic E-state index is 13.0. The standard InChI is InChI=1S/C22H18ClN3O2/c1-14-12-17(23)6-7-18(14)25-21(27)16-8-10-24-19(13-16)22(28)26-11-9-15-4-2-3-5-20(15)26/h2-8,10,12-13H,9,11H2,1H3,(H,25,27). The van der Waals surface area contributed by atoms with E-state index in [0.717, 1.165) is 23.2 Å². The Kier molecular flexibility index (Phi) is 4.84. The molecule has 0 bridgehead atoms. The Bertz CT molecular complexity index is 1080. The topological polar surface area (TPSA) is 62.3 Å². The maximum Gasteiger partial charge on any atom is 0.276 e. The van der Waals surface area contributed by atoms with E-state index in [1.54, 1.807) is 29.2 Å². The molecule has 0 radical (unpaired) electrons. The van der Waals surface area contributed by atoms with Crippen LogP contribution in [0.25, 0.3) is 0 Å². The molecule has 2 amide bonds. The van der Waals surface area contributed by atoms with Gasteiger partial charge in [-0.1, -0.05) is 29.8 Å². The number of carbonyl (C=O) groups is 2. The first kappa shape index (κ1) is 18.2. The van der Waals surface area contributed by atoms with Gasteiger partial charge >= 0.3 is 0 Å². The summed E-state index contributed by atoms with van der Waals surface area (Å²) in [5, 5.41) is 3.46. The zero-order valence-electron chi connectivity index (χ0n) is 15.3. The predicted octanol–water partition coefficient (Wildman–Crippen LogP) is 4.50. The molecule has 0 saturated carbocycles. The van der Waals surface area contributed by atoms with Crippen molar-refractivity contribution in [2.24, 2.45) is 0 Å². The lowest BCUT2D eigenvalue weighted by atomic mass is 10.1. The highest BCUT2D eigenvalue weighted by atomic mass is 35.5. The van der Waals surface area contributed by atoms with Gasteiger partial charge in [0, 0.05) is 34.7 Å². The smallest absolute Gasteiger partial charge is 0.276 e. The van der Waals surface area contributed by atoms with Crippen molar-refractivity contribution < 1.29 is 9.59 Å². The molecule has 3 aromatic rings. The number of nitrogens with one attached hydrogen (secondary N) is 1. The third-order valence-corrected chi connectivity index (χ3v) is 5.05. The summed E-state index contributed by atoms with van der Waals surface area (Å²) >= 11 is 5.96. The van der Waals surface area contributed by atoms with Crippen LogP contribution < -0.4 is 10.2 Å². The number of fused-ring (bicyclic) bond motifs is 1. The van der Waals surface area contributed by atoms with E-state index in [0.29, 0.717) is 22.8 Å². The van der Waals surface area contributed by atoms with Crippen LogP contribution in [0, 0.1) is 6.92 Å². The number of benzene rings is 2. The van der Waals surface area contributed by atoms with Crippen LogP contribution >= 0.6 is 11.6 Å². The summed E-state index contributed by atoms with van der Waals surface area (Å²) in [7, 11) is 0. The zero-order valence-corrected chi connectivity index (χ0v) is 16.0. The number of rotatable bonds is 3. The molecule has 0 spiro atoms. The number of carbonyl (C=O) groups excluding carboxylic acids is 2. The second-order valence-electron chi connectivity index (χ2n) is 6.68. The van der Waals surface area contributed by atoms with Gasteiger partial charge < -0.3 is 10.2 Å². The minimum absolute atomic E-state index is 0.206. The minimum atomic E-state index is -0.302. The maximum atomic E-state index is 13.0. The van der Waals surface area contributed by atoms with Crippen LogP contribution in [-0.4, -0.2) is 23.3 Å². The molecule has 1 aliphatic rings. The number of pyridine rings is 1. The average Bonchev–Trinajstić information content (AvgIpc) is 3.14. The Morgan fingerprint density at radius 3 is 2.75 bits per heavy atom. The second-order valence-corrected chi connectivity index (χ2v) is 7.12. The second kappa shape index (κ2) is 7.44. The summed E-state index contributed by atoms with van der Waals surface area (Å²) in [5.74, 6) is -0.508. The Morgan fingerprint density at radius 1 is 1.11 bits per heavy atom. The number of amides is 2. The number of aromatic nitrogens is 1. The quantitative estimate of drug-likeness (QED) is 0.715. The number of hydrogen-bond donors (Lipinski definition) is 1. The number of halogens is 1. The summed E-state index contributed by atoms with van der Waals surface area (Å²) in [5.41, 5.74) is 4.20. The van der Waals surface area contributed by atoms with E-state index in [1.807, 2.05) is 31.2 Å². The monoisotopic (exact) mass is 391 g/mol. The highest BCUT2D eigenvalue weighted by Crippen LogP contribution is 2.28. The summed E-state index contributed by atoms with van der Waals surface area (Å²) in [6.45, 7) is 2.48. The summed E-state index contributed by atoms with van der Waals surface area (Å²) in [6.07, 6.45) is 2.30. The number of aryl methyl sites for hydroxylation is 1. The van der Waals surface area contributed by atoms with Crippen molar-refractivity contribution >= 4 is 34.8 Å². The molecule has 1 N–H and O–H groups in total. The lowest BCUT2D eigenvalue weighted by Gasteiger charge is -2.17. The van der Waals surface area contributed by atoms with Gasteiger partial charge in [-0.3, -0.25) is 14.6 Å². The van der Waals surface area contributed by atoms with E-state index in [-0.39, 0.29) is 17.5 Å². The number of para-hydroxylation sites is 1. The number of nitrogens with zero attached hydrogens (tertiary/aromatic N) is 2. The van der Waals surface area contributed by atoms with Crippen LogP contribution in [0.2, 0.25) is 5.02 Å². The molecule has 6 heteroatoms. The molecular weight excluding hydrogens is 374 g/mol. The van der Waals surface area contributed by atoms with Crippen molar-refractivity contribution in [3.8, 4) is 0 Å². The van der Waals surface area contributed by atoms with E-state index in [4.69, 9.17) is 11.6 Å². The lowest BCUT2D eigenvalue weighted by Crippen LogP contribution is -2.30. The fraction of sp³-hybridized carbons (Fsp3) is 0.136. The Hall–Kier alpha value is -3.18. The molecule has 0 atom stereocenters. The molecule has 0 unspecified atom stereocenters. The van der Waals surface area contributed by atoms with Gasteiger partial charge in [0.1, 0.15) is 5.69 Å². The summed E-state index contributed by atoms with van der Waals surface area (Å²) < 4.78 is 0. The Labute approximate surface area is 168 Å². The normalized spacial score (nSPS) is 12.6. The van der Waals surface area contributed by atoms with Gasteiger partial charge in [-0.2, -0.15) is 0 Å². The van der Waals surface area contributed by atoms with E-state index in [1.165, 1.54) is 12.3 Å². The summed E-state index contributed by atoms with van der Waals surface area (Å²) in [4.78, 5) is 31.5. The van der Waals surface area contributed by atoms with Crippen molar-refractivity contribution in [3.63, 3.8) is 0 Å². The van der Waals surface area contributed by atoms with Crippen molar-refractivity contribution in [1.82, 2.24) is 4.98 Å². The van der Waals surface area contributed by atoms with Crippen molar-refractivity contribution in [2.45, 2.75) is 13.3 Å². The molecule has 2 aromatic carbocycles. The van der Waals surface area contributed by atoms with Crippen LogP contribution in [0.4, 0.5) is 11.4 Å². The van der Waals surface area contributed by atoms with Crippen LogP contribution in [0.5, 0.6) is 0 Å². The van der Waals surface area contributed by atoms with Gasteiger partial charge in [-0.05, 0) is 60.9 Å².